The van der Waals surface area contributed by atoms with Crippen LogP contribution in [0.1, 0.15) is 18.5 Å². The van der Waals surface area contributed by atoms with Crippen molar-refractivity contribution in [3.05, 3.63) is 66.6 Å². The molecule has 0 saturated carbocycles. The summed E-state index contributed by atoms with van der Waals surface area (Å²) in [5.41, 5.74) is 1.72. The van der Waals surface area contributed by atoms with Gasteiger partial charge in [-0.2, -0.15) is 0 Å². The Hall–Kier alpha value is -3.81. The Balaban J connectivity index is 1.86. The van der Waals surface area contributed by atoms with Crippen LogP contribution in [-0.4, -0.2) is 31.9 Å². The summed E-state index contributed by atoms with van der Waals surface area (Å²) < 4.78 is 0. The molecule has 1 aromatic carbocycles. The lowest BCUT2D eigenvalue weighted by atomic mass is 10.1. The molecule has 2 aromatic heterocycles. The molecule has 2 heterocycles. The third-order valence-electron chi connectivity index (χ3n) is 3.80. The zero-order valence-corrected chi connectivity index (χ0v) is 14.5. The second-order valence-electron chi connectivity index (χ2n) is 5.75. The Morgan fingerprint density at radius 1 is 1.11 bits per heavy atom. The summed E-state index contributed by atoms with van der Waals surface area (Å²) in [4.78, 5) is 34.8. The number of amides is 1. The van der Waals surface area contributed by atoms with Gasteiger partial charge in [0.15, 0.2) is 0 Å². The molecule has 3 N–H and O–H groups in total. The van der Waals surface area contributed by atoms with E-state index in [-0.39, 0.29) is 11.9 Å². The van der Waals surface area contributed by atoms with Gasteiger partial charge in [-0.25, -0.2) is 19.7 Å². The van der Waals surface area contributed by atoms with Crippen LogP contribution in [0.3, 0.4) is 0 Å². The molecule has 0 spiro atoms. The van der Waals surface area contributed by atoms with Gasteiger partial charge in [-0.3, -0.25) is 4.79 Å². The number of carbonyl (C=O) groups is 2. The second-order valence-corrected chi connectivity index (χ2v) is 5.75. The minimum atomic E-state index is -1.20. The Bertz CT molecular complexity index is 1000. The zero-order valence-electron chi connectivity index (χ0n) is 14.5. The van der Waals surface area contributed by atoms with E-state index in [0.29, 0.717) is 16.7 Å². The predicted molar refractivity (Wildman–Crippen MR) is 101 cm³/mol. The number of carboxylic acids is 1. The molecule has 0 radical (unpaired) electrons. The van der Waals surface area contributed by atoms with Gasteiger partial charge in [0.1, 0.15) is 18.0 Å². The fourth-order valence-electron chi connectivity index (χ4n) is 2.49. The van der Waals surface area contributed by atoms with Crippen molar-refractivity contribution >= 4 is 34.4 Å². The number of hydrogen-bond donors (Lipinski definition) is 3. The van der Waals surface area contributed by atoms with Crippen molar-refractivity contribution in [1.82, 2.24) is 15.0 Å². The number of anilines is 2. The molecule has 3 rings (SSSR count). The molecule has 3 aromatic rings. The summed E-state index contributed by atoms with van der Waals surface area (Å²) in [6.45, 7) is 2.02. The molecule has 0 saturated heterocycles. The van der Waals surface area contributed by atoms with E-state index in [1.807, 2.05) is 37.3 Å². The van der Waals surface area contributed by atoms with E-state index in [9.17, 15) is 9.59 Å². The number of pyridine rings is 1. The van der Waals surface area contributed by atoms with E-state index in [0.717, 1.165) is 17.7 Å². The van der Waals surface area contributed by atoms with Crippen molar-refractivity contribution in [3.63, 3.8) is 0 Å². The molecule has 8 heteroatoms. The van der Waals surface area contributed by atoms with Gasteiger partial charge >= 0.3 is 5.97 Å². The summed E-state index contributed by atoms with van der Waals surface area (Å²) >= 11 is 0. The third-order valence-corrected chi connectivity index (χ3v) is 3.80. The second kappa shape index (κ2) is 8.05. The van der Waals surface area contributed by atoms with Gasteiger partial charge in [0, 0.05) is 23.6 Å². The van der Waals surface area contributed by atoms with Crippen LogP contribution in [0.4, 0.5) is 11.6 Å². The highest BCUT2D eigenvalue weighted by Crippen LogP contribution is 2.25. The van der Waals surface area contributed by atoms with E-state index >= 15 is 0 Å². The molecule has 136 valence electrons. The van der Waals surface area contributed by atoms with Crippen LogP contribution in [0, 0.1) is 0 Å². The highest BCUT2D eigenvalue weighted by molar-refractivity contribution is 6.03. The highest BCUT2D eigenvalue weighted by atomic mass is 16.4. The maximum absolute atomic E-state index is 11.8. The quantitative estimate of drug-likeness (QED) is 0.576. The Labute approximate surface area is 155 Å². The molecule has 0 aliphatic carbocycles. The number of aromatic nitrogens is 3. The topological polar surface area (TPSA) is 117 Å². The summed E-state index contributed by atoms with van der Waals surface area (Å²) in [5, 5.41) is 15.1. The van der Waals surface area contributed by atoms with Gasteiger partial charge in [-0.05, 0) is 18.6 Å². The van der Waals surface area contributed by atoms with Gasteiger partial charge in [-0.1, -0.05) is 30.3 Å². The van der Waals surface area contributed by atoms with E-state index in [1.165, 1.54) is 12.5 Å². The molecular weight excluding hydrogens is 346 g/mol. The number of benzene rings is 1. The average molecular weight is 363 g/mol. The van der Waals surface area contributed by atoms with E-state index < -0.39 is 11.9 Å². The van der Waals surface area contributed by atoms with Gasteiger partial charge < -0.3 is 15.7 Å². The molecule has 1 unspecified atom stereocenters. The van der Waals surface area contributed by atoms with Crippen LogP contribution in [0.15, 0.2) is 61.1 Å². The van der Waals surface area contributed by atoms with Crippen molar-refractivity contribution in [3.8, 4) is 0 Å². The summed E-state index contributed by atoms with van der Waals surface area (Å²) in [5.74, 6) is -0.914. The summed E-state index contributed by atoms with van der Waals surface area (Å²) in [7, 11) is 0. The number of fused-ring (bicyclic) bond motifs is 1. The Morgan fingerprint density at radius 3 is 2.63 bits per heavy atom. The zero-order chi connectivity index (χ0) is 19.2. The lowest BCUT2D eigenvalue weighted by molar-refractivity contribution is -0.131. The van der Waals surface area contributed by atoms with Crippen LogP contribution >= 0.6 is 0 Å². The molecule has 1 amide bonds. The van der Waals surface area contributed by atoms with Crippen molar-refractivity contribution in [2.75, 3.05) is 10.6 Å². The summed E-state index contributed by atoms with van der Waals surface area (Å²) in [6.07, 6.45) is 4.64. The number of aliphatic carboxylic acids is 1. The standard InChI is InChI=1S/C19H17N5O3/c1-12(13-5-3-2-4-6-13)23-19-14-9-16(20-10-15(14)21-11-22-19)24-17(25)7-8-18(26)27/h2-12H,1H3,(H,26,27)(H,20,24,25)(H,21,22,23). The fourth-order valence-corrected chi connectivity index (χ4v) is 2.49. The monoisotopic (exact) mass is 363 g/mol. The molecule has 1 atom stereocenters. The molecular formula is C19H17N5O3. The van der Waals surface area contributed by atoms with Crippen molar-refractivity contribution in [1.29, 1.82) is 0 Å². The highest BCUT2D eigenvalue weighted by Gasteiger charge is 2.11. The van der Waals surface area contributed by atoms with Gasteiger partial charge in [-0.15, -0.1) is 0 Å². The number of carbonyl (C=O) groups excluding carboxylic acids is 1. The maximum atomic E-state index is 11.8. The number of nitrogens with one attached hydrogen (secondary N) is 2. The van der Waals surface area contributed by atoms with E-state index in [1.54, 1.807) is 6.07 Å². The SMILES string of the molecule is CC(Nc1ncnc2cnc(NC(=O)C=CC(=O)O)cc12)c1ccccc1. The minimum absolute atomic E-state index is 0.00834. The van der Waals surface area contributed by atoms with Crippen LogP contribution in [0.2, 0.25) is 0 Å². The minimum Gasteiger partial charge on any atom is -0.478 e. The first-order valence-corrected chi connectivity index (χ1v) is 8.17. The molecule has 0 aliphatic rings. The predicted octanol–water partition coefficient (Wildman–Crippen LogP) is 2.78. The summed E-state index contributed by atoms with van der Waals surface area (Å²) in [6, 6.07) is 11.6. The van der Waals surface area contributed by atoms with Crippen molar-refractivity contribution < 1.29 is 14.7 Å². The van der Waals surface area contributed by atoms with Crippen LogP contribution < -0.4 is 10.6 Å². The largest absolute Gasteiger partial charge is 0.478 e. The molecule has 27 heavy (non-hydrogen) atoms. The van der Waals surface area contributed by atoms with Crippen LogP contribution in [0.25, 0.3) is 10.9 Å². The van der Waals surface area contributed by atoms with Crippen molar-refractivity contribution in [2.45, 2.75) is 13.0 Å². The fraction of sp³-hybridized carbons (Fsp3) is 0.105. The Morgan fingerprint density at radius 2 is 1.89 bits per heavy atom. The third kappa shape index (κ3) is 4.63. The molecule has 0 bridgehead atoms. The Kier molecular flexibility index (Phi) is 5.36. The van der Waals surface area contributed by atoms with Gasteiger partial charge in [0.05, 0.1) is 11.7 Å². The molecule has 8 nitrogen and oxygen atoms in total. The van der Waals surface area contributed by atoms with Gasteiger partial charge in [0.25, 0.3) is 0 Å². The molecule has 0 fully saturated rings. The van der Waals surface area contributed by atoms with E-state index in [4.69, 9.17) is 5.11 Å². The molecule has 0 aliphatic heterocycles. The average Bonchev–Trinajstić information content (AvgIpc) is 2.67. The first kappa shape index (κ1) is 18.0. The van der Waals surface area contributed by atoms with Crippen LogP contribution in [0.5, 0.6) is 0 Å². The van der Waals surface area contributed by atoms with Crippen molar-refractivity contribution in [2.24, 2.45) is 0 Å². The first-order valence-electron chi connectivity index (χ1n) is 8.17. The van der Waals surface area contributed by atoms with Crippen LogP contribution in [-0.2, 0) is 9.59 Å². The smallest absolute Gasteiger partial charge is 0.328 e. The number of carboxylic acid groups (broad SMARTS) is 1. The van der Waals surface area contributed by atoms with Gasteiger partial charge in [0.2, 0.25) is 5.91 Å². The lowest BCUT2D eigenvalue weighted by Gasteiger charge is -2.16. The maximum Gasteiger partial charge on any atom is 0.328 e. The number of rotatable bonds is 6. The first-order chi connectivity index (χ1) is 13.0. The lowest BCUT2D eigenvalue weighted by Crippen LogP contribution is -2.11. The normalized spacial score (nSPS) is 12.0. The number of hydrogen-bond acceptors (Lipinski definition) is 6. The van der Waals surface area contributed by atoms with E-state index in [2.05, 4.69) is 25.6 Å². The number of nitrogens with zero attached hydrogens (tertiary/aromatic N) is 3.